The largest absolute Gasteiger partial charge is 0.356 e. The maximum absolute atomic E-state index is 11.7. The van der Waals surface area contributed by atoms with Crippen molar-refractivity contribution in [1.29, 1.82) is 0 Å². The van der Waals surface area contributed by atoms with Gasteiger partial charge in [-0.1, -0.05) is 44.2 Å². The molecule has 0 fully saturated rings. The third kappa shape index (κ3) is 9.10. The molecule has 1 aromatic carbocycles. The lowest BCUT2D eigenvalue weighted by Crippen LogP contribution is -2.45. The van der Waals surface area contributed by atoms with Gasteiger partial charge >= 0.3 is 0 Å². The lowest BCUT2D eigenvalue weighted by molar-refractivity contribution is -0.127. The number of amides is 1. The second kappa shape index (κ2) is 12.1. The predicted molar refractivity (Wildman–Crippen MR) is 112 cm³/mol. The van der Waals surface area contributed by atoms with Gasteiger partial charge in [-0.15, -0.1) is 24.0 Å². The molecule has 0 bridgehead atoms. The van der Waals surface area contributed by atoms with Crippen LogP contribution >= 0.6 is 24.0 Å². The van der Waals surface area contributed by atoms with Crippen molar-refractivity contribution in [3.63, 3.8) is 0 Å². The highest BCUT2D eigenvalue weighted by molar-refractivity contribution is 14.0. The van der Waals surface area contributed by atoms with Crippen molar-refractivity contribution >= 4 is 35.8 Å². The van der Waals surface area contributed by atoms with Crippen LogP contribution < -0.4 is 10.6 Å². The molecule has 6 heteroatoms. The number of likely N-dealkylation sites (N-methyl/N-ethyl adjacent to an activating group) is 1. The first-order chi connectivity index (χ1) is 10.9. The highest BCUT2D eigenvalue weighted by atomic mass is 127. The Morgan fingerprint density at radius 3 is 2.33 bits per heavy atom. The molecule has 24 heavy (non-hydrogen) atoms. The molecule has 1 rings (SSSR count). The number of hydrogen-bond donors (Lipinski definition) is 2. The van der Waals surface area contributed by atoms with E-state index >= 15 is 0 Å². The van der Waals surface area contributed by atoms with Gasteiger partial charge in [-0.05, 0) is 24.8 Å². The number of halogens is 1. The van der Waals surface area contributed by atoms with E-state index in [-0.39, 0.29) is 42.5 Å². The van der Waals surface area contributed by atoms with Crippen LogP contribution in [-0.2, 0) is 11.2 Å². The summed E-state index contributed by atoms with van der Waals surface area (Å²) in [4.78, 5) is 17.7. The molecule has 1 aromatic rings. The molecule has 136 valence electrons. The van der Waals surface area contributed by atoms with E-state index in [1.807, 2.05) is 18.2 Å². The van der Waals surface area contributed by atoms with E-state index in [9.17, 15) is 4.79 Å². The van der Waals surface area contributed by atoms with Gasteiger partial charge < -0.3 is 15.5 Å². The van der Waals surface area contributed by atoms with Gasteiger partial charge in [0, 0.05) is 26.7 Å². The molecule has 0 aliphatic rings. The van der Waals surface area contributed by atoms with Crippen molar-refractivity contribution < 1.29 is 4.79 Å². The van der Waals surface area contributed by atoms with E-state index in [2.05, 4.69) is 48.5 Å². The van der Waals surface area contributed by atoms with E-state index < -0.39 is 0 Å². The molecule has 0 aliphatic heterocycles. The van der Waals surface area contributed by atoms with E-state index in [0.29, 0.717) is 11.9 Å². The fourth-order valence-corrected chi connectivity index (χ4v) is 1.79. The number of benzene rings is 1. The molecule has 1 atom stereocenters. The quantitative estimate of drug-likeness (QED) is 0.385. The maximum atomic E-state index is 11.7. The Morgan fingerprint density at radius 2 is 1.79 bits per heavy atom. The van der Waals surface area contributed by atoms with Gasteiger partial charge in [0.2, 0.25) is 5.91 Å². The summed E-state index contributed by atoms with van der Waals surface area (Å²) in [6, 6.07) is 10.6. The SMILES string of the molecule is CC(C)C(C)NC(=NCC(=O)N(C)C)NCCc1ccccc1.I. The molecule has 0 heterocycles. The second-order valence-electron chi connectivity index (χ2n) is 6.29. The molecule has 0 saturated carbocycles. The van der Waals surface area contributed by atoms with Crippen molar-refractivity contribution in [2.75, 3.05) is 27.2 Å². The number of guanidine groups is 1. The maximum Gasteiger partial charge on any atom is 0.243 e. The Balaban J connectivity index is 0.00000529. The summed E-state index contributed by atoms with van der Waals surface area (Å²) in [7, 11) is 3.48. The van der Waals surface area contributed by atoms with Crippen LogP contribution in [0.25, 0.3) is 0 Å². The summed E-state index contributed by atoms with van der Waals surface area (Å²) in [6.45, 7) is 7.36. The van der Waals surface area contributed by atoms with Gasteiger partial charge in [0.1, 0.15) is 6.54 Å². The smallest absolute Gasteiger partial charge is 0.243 e. The Bertz CT molecular complexity index is 503. The van der Waals surface area contributed by atoms with Crippen molar-refractivity contribution in [3.8, 4) is 0 Å². The van der Waals surface area contributed by atoms with Crippen molar-refractivity contribution in [1.82, 2.24) is 15.5 Å². The zero-order valence-corrected chi connectivity index (χ0v) is 17.7. The van der Waals surface area contributed by atoms with Gasteiger partial charge in [-0.25, -0.2) is 4.99 Å². The minimum absolute atomic E-state index is 0. The number of rotatable bonds is 7. The molecule has 0 saturated heterocycles. The van der Waals surface area contributed by atoms with Crippen molar-refractivity contribution in [2.24, 2.45) is 10.9 Å². The summed E-state index contributed by atoms with van der Waals surface area (Å²) < 4.78 is 0. The summed E-state index contributed by atoms with van der Waals surface area (Å²) in [5.41, 5.74) is 1.28. The summed E-state index contributed by atoms with van der Waals surface area (Å²) in [5, 5.41) is 6.68. The van der Waals surface area contributed by atoms with Gasteiger partial charge in [-0.3, -0.25) is 4.79 Å². The molecule has 0 spiro atoms. The van der Waals surface area contributed by atoms with Crippen LogP contribution in [0.2, 0.25) is 0 Å². The van der Waals surface area contributed by atoms with Gasteiger partial charge in [0.25, 0.3) is 0 Å². The van der Waals surface area contributed by atoms with Crippen molar-refractivity contribution in [3.05, 3.63) is 35.9 Å². The number of carbonyl (C=O) groups is 1. The average molecular weight is 446 g/mol. The average Bonchev–Trinajstić information content (AvgIpc) is 2.52. The van der Waals surface area contributed by atoms with E-state index in [4.69, 9.17) is 0 Å². The second-order valence-corrected chi connectivity index (χ2v) is 6.29. The summed E-state index contributed by atoms with van der Waals surface area (Å²) >= 11 is 0. The Morgan fingerprint density at radius 1 is 1.17 bits per heavy atom. The molecule has 0 radical (unpaired) electrons. The first-order valence-electron chi connectivity index (χ1n) is 8.19. The predicted octanol–water partition coefficient (Wildman–Crippen LogP) is 2.52. The van der Waals surface area contributed by atoms with Crippen LogP contribution in [0.1, 0.15) is 26.3 Å². The van der Waals surface area contributed by atoms with E-state index in [1.165, 1.54) is 5.56 Å². The molecule has 5 nitrogen and oxygen atoms in total. The minimum atomic E-state index is -0.00800. The fraction of sp³-hybridized carbons (Fsp3) is 0.556. The normalized spacial score (nSPS) is 12.3. The van der Waals surface area contributed by atoms with E-state index in [0.717, 1.165) is 13.0 Å². The fourth-order valence-electron chi connectivity index (χ4n) is 1.79. The molecule has 1 unspecified atom stereocenters. The monoisotopic (exact) mass is 446 g/mol. The third-order valence-corrected chi connectivity index (χ3v) is 3.78. The molecule has 2 N–H and O–H groups in total. The number of nitrogens with zero attached hydrogens (tertiary/aromatic N) is 2. The van der Waals surface area contributed by atoms with Crippen LogP contribution in [0.15, 0.2) is 35.3 Å². The highest BCUT2D eigenvalue weighted by Crippen LogP contribution is 2.00. The molecule has 0 aliphatic carbocycles. The lowest BCUT2D eigenvalue weighted by Gasteiger charge is -2.21. The minimum Gasteiger partial charge on any atom is -0.356 e. The topological polar surface area (TPSA) is 56.7 Å². The Kier molecular flexibility index (Phi) is 11.4. The number of hydrogen-bond acceptors (Lipinski definition) is 2. The molecule has 1 amide bonds. The van der Waals surface area contributed by atoms with Gasteiger partial charge in [-0.2, -0.15) is 0 Å². The number of nitrogens with one attached hydrogen (secondary N) is 2. The third-order valence-electron chi connectivity index (χ3n) is 3.78. The highest BCUT2D eigenvalue weighted by Gasteiger charge is 2.10. The summed E-state index contributed by atoms with van der Waals surface area (Å²) in [6.07, 6.45) is 0.916. The van der Waals surface area contributed by atoms with E-state index in [1.54, 1.807) is 19.0 Å². The Hall–Kier alpha value is -1.31. The Labute approximate surface area is 163 Å². The zero-order valence-electron chi connectivity index (χ0n) is 15.4. The standard InChI is InChI=1S/C18H30N4O.HI/c1-14(2)15(3)21-18(20-13-17(23)22(4)5)19-12-11-16-9-7-6-8-10-16;/h6-10,14-15H,11-13H2,1-5H3,(H2,19,20,21);1H. The van der Waals surface area contributed by atoms with Crippen molar-refractivity contribution in [2.45, 2.75) is 33.2 Å². The number of carbonyl (C=O) groups excluding carboxylic acids is 1. The lowest BCUT2D eigenvalue weighted by atomic mass is 10.1. The molecule has 0 aromatic heterocycles. The zero-order chi connectivity index (χ0) is 17.2. The van der Waals surface area contributed by atoms with Crippen LogP contribution in [0.5, 0.6) is 0 Å². The van der Waals surface area contributed by atoms with Crippen LogP contribution in [0, 0.1) is 5.92 Å². The van der Waals surface area contributed by atoms with Crippen LogP contribution in [0.4, 0.5) is 0 Å². The van der Waals surface area contributed by atoms with Crippen LogP contribution in [0.3, 0.4) is 0 Å². The first-order valence-corrected chi connectivity index (χ1v) is 8.19. The first kappa shape index (κ1) is 22.7. The van der Waals surface area contributed by atoms with Crippen LogP contribution in [-0.4, -0.2) is 50.0 Å². The van der Waals surface area contributed by atoms with Gasteiger partial charge in [0.05, 0.1) is 0 Å². The van der Waals surface area contributed by atoms with Gasteiger partial charge in [0.15, 0.2) is 5.96 Å². The number of aliphatic imine (C=N–C) groups is 1. The summed E-state index contributed by atoms with van der Waals surface area (Å²) in [5.74, 6) is 1.17. The molecular weight excluding hydrogens is 415 g/mol. The molecular formula is C18H31IN4O.